The highest BCUT2D eigenvalue weighted by atomic mass is 79.9. The van der Waals surface area contributed by atoms with Gasteiger partial charge in [-0.2, -0.15) is 5.26 Å². The zero-order valence-electron chi connectivity index (χ0n) is 6.34. The fourth-order valence-corrected chi connectivity index (χ4v) is 2.87. The van der Waals surface area contributed by atoms with Gasteiger partial charge in [0.1, 0.15) is 11.9 Å². The van der Waals surface area contributed by atoms with E-state index in [-0.39, 0.29) is 5.82 Å². The van der Waals surface area contributed by atoms with Crippen LogP contribution in [0.15, 0.2) is 22.0 Å². The van der Waals surface area contributed by atoms with E-state index in [1.165, 1.54) is 23.5 Å². The van der Waals surface area contributed by atoms with Gasteiger partial charge in [-0.25, -0.2) is 4.39 Å². The summed E-state index contributed by atoms with van der Waals surface area (Å²) in [7, 11) is 0. The summed E-state index contributed by atoms with van der Waals surface area (Å²) in [5, 5.41) is 9.61. The van der Waals surface area contributed by atoms with Crippen LogP contribution >= 0.6 is 27.3 Å². The van der Waals surface area contributed by atoms with Crippen LogP contribution in [0.4, 0.5) is 4.39 Å². The van der Waals surface area contributed by atoms with E-state index >= 15 is 0 Å². The Balaban J connectivity index is 2.88. The summed E-state index contributed by atoms with van der Waals surface area (Å²) in [4.78, 5) is 0. The Kier molecular flexibility index (Phi) is 2.06. The van der Waals surface area contributed by atoms with Gasteiger partial charge in [0.25, 0.3) is 0 Å². The second kappa shape index (κ2) is 3.09. The van der Waals surface area contributed by atoms with Crippen LogP contribution in [0.25, 0.3) is 10.1 Å². The van der Waals surface area contributed by atoms with E-state index in [4.69, 9.17) is 5.26 Å². The van der Waals surface area contributed by atoms with Crippen LogP contribution in [0.5, 0.6) is 0 Å². The van der Waals surface area contributed by atoms with E-state index in [0.717, 1.165) is 13.9 Å². The summed E-state index contributed by atoms with van der Waals surface area (Å²) in [6.45, 7) is 0. The Morgan fingerprint density at radius 1 is 1.46 bits per heavy atom. The van der Waals surface area contributed by atoms with Gasteiger partial charge in [-0.1, -0.05) is 0 Å². The molecule has 0 bridgehead atoms. The Morgan fingerprint density at radius 2 is 2.23 bits per heavy atom. The molecule has 1 heterocycles. The van der Waals surface area contributed by atoms with Crippen molar-refractivity contribution >= 4 is 37.4 Å². The van der Waals surface area contributed by atoms with E-state index in [1.807, 2.05) is 0 Å². The van der Waals surface area contributed by atoms with Gasteiger partial charge in [0.2, 0.25) is 0 Å². The molecule has 1 nitrogen and oxygen atoms in total. The Morgan fingerprint density at radius 3 is 2.92 bits per heavy atom. The molecule has 0 unspecified atom stereocenters. The maximum atomic E-state index is 12.8. The lowest BCUT2D eigenvalue weighted by molar-refractivity contribution is 0.630. The fraction of sp³-hybridized carbons (Fsp3) is 0. The monoisotopic (exact) mass is 255 g/mol. The van der Waals surface area contributed by atoms with Crippen molar-refractivity contribution in [3.8, 4) is 6.07 Å². The molecule has 1 aromatic carbocycles. The van der Waals surface area contributed by atoms with Gasteiger partial charge in [-0.15, -0.1) is 11.3 Å². The number of rotatable bonds is 0. The number of thiophene rings is 1. The smallest absolute Gasteiger partial charge is 0.124 e. The van der Waals surface area contributed by atoms with E-state index in [1.54, 1.807) is 6.07 Å². The molecular formula is C9H3BrFNS. The first kappa shape index (κ1) is 8.67. The van der Waals surface area contributed by atoms with Gasteiger partial charge in [0, 0.05) is 10.1 Å². The number of halogens is 2. The average Bonchev–Trinajstić information content (AvgIpc) is 2.39. The van der Waals surface area contributed by atoms with Gasteiger partial charge in [-0.3, -0.25) is 0 Å². The zero-order valence-corrected chi connectivity index (χ0v) is 8.75. The lowest BCUT2D eigenvalue weighted by Gasteiger charge is -1.88. The molecule has 13 heavy (non-hydrogen) atoms. The van der Waals surface area contributed by atoms with Crippen molar-refractivity contribution in [1.29, 1.82) is 5.26 Å². The highest BCUT2D eigenvalue weighted by molar-refractivity contribution is 9.11. The number of fused-ring (bicyclic) bond motifs is 1. The van der Waals surface area contributed by atoms with Crippen LogP contribution in [0.2, 0.25) is 0 Å². The van der Waals surface area contributed by atoms with Crippen LogP contribution in [0, 0.1) is 17.1 Å². The lowest BCUT2D eigenvalue weighted by atomic mass is 10.2. The Labute approximate surface area is 86.5 Å². The van der Waals surface area contributed by atoms with Crippen LogP contribution in [0.3, 0.4) is 0 Å². The first-order valence-corrected chi connectivity index (χ1v) is 5.11. The first-order valence-electron chi connectivity index (χ1n) is 3.50. The predicted octanol–water partition coefficient (Wildman–Crippen LogP) is 3.67. The normalized spacial score (nSPS) is 10.2. The molecule has 2 aromatic rings. The largest absolute Gasteiger partial charge is 0.207 e. The molecular weight excluding hydrogens is 253 g/mol. The third-order valence-corrected chi connectivity index (χ3v) is 3.54. The molecule has 0 fully saturated rings. The number of nitrogens with zero attached hydrogens (tertiary/aromatic N) is 1. The van der Waals surface area contributed by atoms with Crippen LogP contribution in [-0.4, -0.2) is 0 Å². The van der Waals surface area contributed by atoms with Gasteiger partial charge < -0.3 is 0 Å². The summed E-state index contributed by atoms with van der Waals surface area (Å²) >= 11 is 4.64. The molecule has 0 atom stereocenters. The molecule has 0 aliphatic rings. The number of benzene rings is 1. The molecule has 0 aliphatic heterocycles. The van der Waals surface area contributed by atoms with Crippen molar-refractivity contribution in [3.05, 3.63) is 33.4 Å². The fourth-order valence-electron chi connectivity index (χ4n) is 1.14. The minimum atomic E-state index is -0.272. The summed E-state index contributed by atoms with van der Waals surface area (Å²) in [5.74, 6) is -0.272. The highest BCUT2D eigenvalue weighted by Crippen LogP contribution is 2.34. The molecule has 0 aliphatic carbocycles. The first-order chi connectivity index (χ1) is 6.22. The predicted molar refractivity (Wildman–Crippen MR) is 54.2 cm³/mol. The second-order valence-electron chi connectivity index (χ2n) is 2.50. The second-order valence-corrected chi connectivity index (χ2v) is 4.87. The maximum absolute atomic E-state index is 12.8. The van der Waals surface area contributed by atoms with Crippen molar-refractivity contribution in [2.45, 2.75) is 0 Å². The summed E-state index contributed by atoms with van der Waals surface area (Å²) < 4.78 is 14.3. The molecule has 0 saturated heterocycles. The quantitative estimate of drug-likeness (QED) is 0.705. The zero-order chi connectivity index (χ0) is 9.42. The third kappa shape index (κ3) is 1.34. The Bertz CT molecular complexity index is 512. The van der Waals surface area contributed by atoms with Crippen LogP contribution < -0.4 is 0 Å². The Hall–Kier alpha value is -0.920. The van der Waals surface area contributed by atoms with E-state index in [9.17, 15) is 4.39 Å². The van der Waals surface area contributed by atoms with E-state index in [2.05, 4.69) is 22.0 Å². The average molecular weight is 256 g/mol. The minimum Gasteiger partial charge on any atom is -0.207 e. The topological polar surface area (TPSA) is 23.8 Å². The number of hydrogen-bond acceptors (Lipinski definition) is 2. The van der Waals surface area contributed by atoms with Crippen molar-refractivity contribution < 1.29 is 4.39 Å². The third-order valence-electron chi connectivity index (χ3n) is 1.72. The van der Waals surface area contributed by atoms with Crippen LogP contribution in [0.1, 0.15) is 5.56 Å². The minimum absolute atomic E-state index is 0.272. The van der Waals surface area contributed by atoms with Crippen molar-refractivity contribution in [2.24, 2.45) is 0 Å². The SMILES string of the molecule is N#Cc1c(Br)sc2cc(F)ccc12. The van der Waals surface area contributed by atoms with E-state index in [0.29, 0.717) is 5.56 Å². The molecule has 0 amide bonds. The van der Waals surface area contributed by atoms with Crippen molar-refractivity contribution in [1.82, 2.24) is 0 Å². The highest BCUT2D eigenvalue weighted by Gasteiger charge is 2.09. The number of nitriles is 1. The van der Waals surface area contributed by atoms with Gasteiger partial charge >= 0.3 is 0 Å². The summed E-state index contributed by atoms with van der Waals surface area (Å²) in [6, 6.07) is 6.51. The molecule has 1 aromatic heterocycles. The van der Waals surface area contributed by atoms with Crippen molar-refractivity contribution in [3.63, 3.8) is 0 Å². The van der Waals surface area contributed by atoms with Gasteiger partial charge in [0.05, 0.1) is 9.35 Å². The molecule has 0 radical (unpaired) electrons. The molecule has 2 rings (SSSR count). The lowest BCUT2D eigenvalue weighted by Crippen LogP contribution is -1.73. The summed E-state index contributed by atoms with van der Waals surface area (Å²) in [6.07, 6.45) is 0. The van der Waals surface area contributed by atoms with Gasteiger partial charge in [-0.05, 0) is 34.1 Å². The molecule has 0 saturated carbocycles. The van der Waals surface area contributed by atoms with Crippen LogP contribution in [-0.2, 0) is 0 Å². The molecule has 4 heteroatoms. The standard InChI is InChI=1S/C9H3BrFNS/c10-9-7(4-12)6-2-1-5(11)3-8(6)13-9/h1-3H. The molecule has 0 spiro atoms. The number of hydrogen-bond donors (Lipinski definition) is 0. The maximum Gasteiger partial charge on any atom is 0.124 e. The molecule has 64 valence electrons. The van der Waals surface area contributed by atoms with Gasteiger partial charge in [0.15, 0.2) is 0 Å². The molecule has 0 N–H and O–H groups in total. The van der Waals surface area contributed by atoms with Crippen molar-refractivity contribution in [2.75, 3.05) is 0 Å². The van der Waals surface area contributed by atoms with E-state index < -0.39 is 0 Å². The summed E-state index contributed by atoms with van der Waals surface area (Å²) in [5.41, 5.74) is 0.583.